The van der Waals surface area contributed by atoms with Gasteiger partial charge in [0.05, 0.1) is 18.1 Å². The molecule has 1 aliphatic carbocycles. The van der Waals surface area contributed by atoms with Crippen molar-refractivity contribution in [3.63, 3.8) is 0 Å². The fourth-order valence-electron chi connectivity index (χ4n) is 3.73. The van der Waals surface area contributed by atoms with E-state index in [4.69, 9.17) is 9.83 Å². The lowest BCUT2D eigenvalue weighted by molar-refractivity contribution is -0.0763. The number of nitrogens with zero attached hydrogens (tertiary/aromatic N) is 5. The second-order valence-corrected chi connectivity index (χ2v) is 6.96. The molecule has 1 N–H and O–H groups in total. The van der Waals surface area contributed by atoms with Crippen LogP contribution in [-0.2, 0) is 11.9 Å². The highest BCUT2D eigenvalue weighted by Gasteiger charge is 2.39. The molecule has 1 saturated carbocycles. The zero-order valence-electron chi connectivity index (χ0n) is 15.7. The summed E-state index contributed by atoms with van der Waals surface area (Å²) in [5, 5.41) is 0. The Morgan fingerprint density at radius 2 is 2.15 bits per heavy atom. The number of nitrogens with one attached hydrogen (secondary N) is 1. The SMILES string of the molecule is CCN(C(=O)c1cnc(C2=NC3(CCCCC3)ON2)n1C)c1cccnc1. The van der Waals surface area contributed by atoms with E-state index in [1.54, 1.807) is 28.1 Å². The number of carbonyl (C=O) groups excluding carboxylic acids is 1. The number of pyridine rings is 1. The van der Waals surface area contributed by atoms with Gasteiger partial charge in [0, 0.05) is 19.8 Å². The smallest absolute Gasteiger partial charge is 0.276 e. The van der Waals surface area contributed by atoms with Crippen molar-refractivity contribution in [1.82, 2.24) is 20.0 Å². The van der Waals surface area contributed by atoms with E-state index in [1.807, 2.05) is 26.1 Å². The lowest BCUT2D eigenvalue weighted by atomic mass is 9.92. The molecule has 8 nitrogen and oxygen atoms in total. The van der Waals surface area contributed by atoms with Gasteiger partial charge in [-0.25, -0.2) is 20.3 Å². The number of anilines is 1. The van der Waals surface area contributed by atoms with E-state index in [1.165, 1.54) is 6.42 Å². The Balaban J connectivity index is 1.61. The number of carbonyl (C=O) groups is 1. The van der Waals surface area contributed by atoms with Gasteiger partial charge in [-0.15, -0.1) is 0 Å². The summed E-state index contributed by atoms with van der Waals surface area (Å²) in [6.07, 6.45) is 10.2. The number of imidazole rings is 1. The van der Waals surface area contributed by atoms with E-state index in [9.17, 15) is 4.79 Å². The number of hydrogen-bond acceptors (Lipinski definition) is 6. The maximum atomic E-state index is 13.1. The molecule has 142 valence electrons. The van der Waals surface area contributed by atoms with Gasteiger partial charge in [-0.05, 0) is 44.7 Å². The maximum Gasteiger partial charge on any atom is 0.276 e. The molecular formula is C19H24N6O2. The van der Waals surface area contributed by atoms with Crippen LogP contribution in [0.2, 0.25) is 0 Å². The molecule has 0 aromatic carbocycles. The van der Waals surface area contributed by atoms with Gasteiger partial charge in [0.25, 0.3) is 5.91 Å². The Hall–Kier alpha value is -2.74. The zero-order chi connectivity index (χ0) is 18.9. The van der Waals surface area contributed by atoms with Crippen LogP contribution in [0.15, 0.2) is 35.7 Å². The van der Waals surface area contributed by atoms with Crippen molar-refractivity contribution in [2.24, 2.45) is 12.0 Å². The van der Waals surface area contributed by atoms with Gasteiger partial charge in [0.1, 0.15) is 5.69 Å². The molecule has 4 rings (SSSR count). The Kier molecular flexibility index (Phi) is 4.65. The van der Waals surface area contributed by atoms with Crippen molar-refractivity contribution >= 4 is 17.4 Å². The Morgan fingerprint density at radius 1 is 1.33 bits per heavy atom. The number of amides is 1. The normalized spacial score (nSPS) is 18.2. The van der Waals surface area contributed by atoms with Crippen molar-refractivity contribution in [3.05, 3.63) is 42.2 Å². The number of amidine groups is 1. The molecule has 27 heavy (non-hydrogen) atoms. The van der Waals surface area contributed by atoms with Gasteiger partial charge in [-0.2, -0.15) is 0 Å². The highest BCUT2D eigenvalue weighted by molar-refractivity contribution is 6.06. The molecular weight excluding hydrogens is 344 g/mol. The molecule has 1 fully saturated rings. The van der Waals surface area contributed by atoms with Crippen molar-refractivity contribution in [2.45, 2.75) is 44.8 Å². The molecule has 0 saturated heterocycles. The molecule has 0 atom stereocenters. The predicted octanol–water partition coefficient (Wildman–Crippen LogP) is 2.42. The third kappa shape index (κ3) is 3.21. The van der Waals surface area contributed by atoms with Crippen molar-refractivity contribution < 1.29 is 9.63 Å². The monoisotopic (exact) mass is 368 g/mol. The van der Waals surface area contributed by atoms with Crippen LogP contribution in [0, 0.1) is 0 Å². The minimum atomic E-state index is -0.477. The predicted molar refractivity (Wildman–Crippen MR) is 101 cm³/mol. The first-order valence-corrected chi connectivity index (χ1v) is 9.41. The first kappa shape index (κ1) is 17.7. The highest BCUT2D eigenvalue weighted by atomic mass is 16.7. The van der Waals surface area contributed by atoms with Gasteiger partial charge in [0.2, 0.25) is 0 Å². The molecule has 0 radical (unpaired) electrons. The van der Waals surface area contributed by atoms with Gasteiger partial charge in [0.15, 0.2) is 17.4 Å². The van der Waals surface area contributed by atoms with E-state index >= 15 is 0 Å². The lowest BCUT2D eigenvalue weighted by Crippen LogP contribution is -2.33. The Bertz CT molecular complexity index is 854. The minimum absolute atomic E-state index is 0.126. The average Bonchev–Trinajstić information content (AvgIpc) is 3.27. The summed E-state index contributed by atoms with van der Waals surface area (Å²) in [6.45, 7) is 2.47. The summed E-state index contributed by atoms with van der Waals surface area (Å²) >= 11 is 0. The van der Waals surface area contributed by atoms with Gasteiger partial charge in [-0.1, -0.05) is 6.42 Å². The first-order valence-electron chi connectivity index (χ1n) is 9.41. The van der Waals surface area contributed by atoms with Gasteiger partial charge in [-0.3, -0.25) is 9.78 Å². The molecule has 2 aromatic rings. The van der Waals surface area contributed by atoms with Crippen LogP contribution in [0.3, 0.4) is 0 Å². The van der Waals surface area contributed by atoms with Crippen LogP contribution in [-0.4, -0.2) is 38.5 Å². The molecule has 0 bridgehead atoms. The minimum Gasteiger partial charge on any atom is -0.320 e. The van der Waals surface area contributed by atoms with Gasteiger partial charge >= 0.3 is 0 Å². The van der Waals surface area contributed by atoms with Crippen molar-refractivity contribution in [1.29, 1.82) is 0 Å². The molecule has 8 heteroatoms. The lowest BCUT2D eigenvalue weighted by Gasteiger charge is -2.27. The average molecular weight is 368 g/mol. The molecule has 2 aliphatic rings. The standard InChI is InChI=1S/C19H24N6O2/c1-3-25(14-8-7-11-20-12-14)18(26)15-13-21-17(24(15)2)16-22-19(27-23-16)9-5-4-6-10-19/h7-8,11-13H,3-6,9-10H2,1-2H3,(H,22,23). The molecule has 0 unspecified atom stereocenters. The van der Waals surface area contributed by atoms with E-state index < -0.39 is 5.72 Å². The van der Waals surface area contributed by atoms with Crippen LogP contribution in [0.5, 0.6) is 0 Å². The number of aromatic nitrogens is 3. The molecule has 1 spiro atoms. The number of aliphatic imine (C=N–C) groups is 1. The van der Waals surface area contributed by atoms with Crippen LogP contribution < -0.4 is 10.4 Å². The summed E-state index contributed by atoms with van der Waals surface area (Å²) in [5.41, 5.74) is 3.70. The van der Waals surface area contributed by atoms with Crippen LogP contribution >= 0.6 is 0 Å². The fourth-order valence-corrected chi connectivity index (χ4v) is 3.73. The summed E-state index contributed by atoms with van der Waals surface area (Å²) < 4.78 is 1.76. The van der Waals surface area contributed by atoms with Crippen molar-refractivity contribution in [3.8, 4) is 0 Å². The summed E-state index contributed by atoms with van der Waals surface area (Å²) in [7, 11) is 1.82. The van der Waals surface area contributed by atoms with Crippen molar-refractivity contribution in [2.75, 3.05) is 11.4 Å². The highest BCUT2D eigenvalue weighted by Crippen LogP contribution is 2.35. The second kappa shape index (κ2) is 7.11. The van der Waals surface area contributed by atoms with Crippen LogP contribution in [0.1, 0.15) is 55.3 Å². The van der Waals surface area contributed by atoms with E-state index in [0.29, 0.717) is 23.9 Å². The zero-order valence-corrected chi connectivity index (χ0v) is 15.7. The third-order valence-electron chi connectivity index (χ3n) is 5.23. The molecule has 3 heterocycles. The number of hydrogen-bond donors (Lipinski definition) is 1. The summed E-state index contributed by atoms with van der Waals surface area (Å²) in [6, 6.07) is 3.69. The fraction of sp³-hybridized carbons (Fsp3) is 0.474. The largest absolute Gasteiger partial charge is 0.320 e. The van der Waals surface area contributed by atoms with Gasteiger partial charge < -0.3 is 9.47 Å². The Morgan fingerprint density at radius 3 is 2.85 bits per heavy atom. The van der Waals surface area contributed by atoms with Crippen LogP contribution in [0.4, 0.5) is 5.69 Å². The summed E-state index contributed by atoms with van der Waals surface area (Å²) in [5.74, 6) is 1.06. The third-order valence-corrected chi connectivity index (χ3v) is 5.23. The van der Waals surface area contributed by atoms with E-state index in [2.05, 4.69) is 15.4 Å². The molecule has 1 aliphatic heterocycles. The maximum absolute atomic E-state index is 13.1. The summed E-state index contributed by atoms with van der Waals surface area (Å²) in [4.78, 5) is 33.9. The second-order valence-electron chi connectivity index (χ2n) is 6.96. The van der Waals surface area contributed by atoms with E-state index in [-0.39, 0.29) is 5.91 Å². The van der Waals surface area contributed by atoms with E-state index in [0.717, 1.165) is 31.4 Å². The Labute approximate surface area is 158 Å². The van der Waals surface area contributed by atoms with Crippen LogP contribution in [0.25, 0.3) is 0 Å². The topological polar surface area (TPSA) is 84.6 Å². The first-order chi connectivity index (χ1) is 13.1. The quantitative estimate of drug-likeness (QED) is 0.896. The number of rotatable bonds is 4. The molecule has 1 amide bonds. The number of hydroxylamine groups is 1. The molecule has 2 aromatic heterocycles.